The first-order valence-electron chi connectivity index (χ1n) is 5.74. The summed E-state index contributed by atoms with van der Waals surface area (Å²) in [5, 5.41) is 11.5. The van der Waals surface area contributed by atoms with Crippen LogP contribution in [0.2, 0.25) is 0 Å². The number of nitrogens with two attached hydrogens (primary N) is 1. The van der Waals surface area contributed by atoms with Crippen LogP contribution in [0, 0.1) is 11.8 Å². The third-order valence-corrected chi connectivity index (χ3v) is 3.21. The van der Waals surface area contributed by atoms with E-state index in [1.807, 2.05) is 6.92 Å². The Kier molecular flexibility index (Phi) is 4.88. The van der Waals surface area contributed by atoms with E-state index in [-0.39, 0.29) is 11.8 Å². The van der Waals surface area contributed by atoms with Gasteiger partial charge in [0.05, 0.1) is 12.7 Å². The summed E-state index contributed by atoms with van der Waals surface area (Å²) in [5.74, 6) is 0.876. The standard InChI is InChI=1S/C11H22N2O2/c1-8-5-3-4-6-10(8)15-7-9(2)11(12)13-14/h8-10,14H,3-7H2,1-2H3,(H2,12,13). The van der Waals surface area contributed by atoms with E-state index in [9.17, 15) is 0 Å². The summed E-state index contributed by atoms with van der Waals surface area (Å²) in [5.41, 5.74) is 5.49. The molecule has 0 amide bonds. The number of nitrogens with zero attached hydrogens (tertiary/aromatic N) is 1. The van der Waals surface area contributed by atoms with Gasteiger partial charge in [0.2, 0.25) is 0 Å². The smallest absolute Gasteiger partial charge is 0.144 e. The van der Waals surface area contributed by atoms with Gasteiger partial charge >= 0.3 is 0 Å². The van der Waals surface area contributed by atoms with Crippen molar-refractivity contribution in [3.63, 3.8) is 0 Å². The fraction of sp³-hybridized carbons (Fsp3) is 0.909. The van der Waals surface area contributed by atoms with E-state index < -0.39 is 0 Å². The van der Waals surface area contributed by atoms with Crippen LogP contribution in [0.15, 0.2) is 5.16 Å². The summed E-state index contributed by atoms with van der Waals surface area (Å²) in [7, 11) is 0. The maximum atomic E-state index is 8.50. The zero-order valence-corrected chi connectivity index (χ0v) is 9.65. The molecule has 3 atom stereocenters. The highest BCUT2D eigenvalue weighted by Crippen LogP contribution is 2.26. The molecule has 3 unspecified atom stereocenters. The fourth-order valence-corrected chi connectivity index (χ4v) is 1.98. The largest absolute Gasteiger partial charge is 0.409 e. The maximum Gasteiger partial charge on any atom is 0.144 e. The van der Waals surface area contributed by atoms with Gasteiger partial charge in [-0.25, -0.2) is 0 Å². The van der Waals surface area contributed by atoms with E-state index in [2.05, 4.69) is 12.1 Å². The SMILES string of the molecule is CC(COC1CCCCC1C)/C(N)=N/O. The monoisotopic (exact) mass is 214 g/mol. The Labute approximate surface area is 91.5 Å². The molecule has 1 aliphatic rings. The van der Waals surface area contributed by atoms with Gasteiger partial charge in [-0.05, 0) is 18.8 Å². The summed E-state index contributed by atoms with van der Waals surface area (Å²) in [4.78, 5) is 0. The van der Waals surface area contributed by atoms with Gasteiger partial charge in [0.1, 0.15) is 5.84 Å². The second-order valence-corrected chi connectivity index (χ2v) is 4.56. The Morgan fingerprint density at radius 2 is 2.20 bits per heavy atom. The van der Waals surface area contributed by atoms with Crippen LogP contribution in [0.1, 0.15) is 39.5 Å². The van der Waals surface area contributed by atoms with E-state index in [1.165, 1.54) is 19.3 Å². The molecule has 0 aromatic heterocycles. The summed E-state index contributed by atoms with van der Waals surface area (Å²) in [6.07, 6.45) is 5.32. The molecule has 3 N–H and O–H groups in total. The van der Waals surface area contributed by atoms with Gasteiger partial charge < -0.3 is 15.7 Å². The molecule has 0 aromatic rings. The van der Waals surface area contributed by atoms with Crippen molar-refractivity contribution in [3.05, 3.63) is 0 Å². The van der Waals surface area contributed by atoms with E-state index in [4.69, 9.17) is 15.7 Å². The Hall–Kier alpha value is -0.770. The number of hydrogen-bond donors (Lipinski definition) is 2. The molecule has 4 heteroatoms. The third-order valence-electron chi connectivity index (χ3n) is 3.21. The Balaban J connectivity index is 2.29. The van der Waals surface area contributed by atoms with Crippen molar-refractivity contribution in [2.45, 2.75) is 45.6 Å². The molecule has 1 saturated carbocycles. The first-order valence-corrected chi connectivity index (χ1v) is 5.74. The molecule has 0 saturated heterocycles. The van der Waals surface area contributed by atoms with Gasteiger partial charge in [-0.1, -0.05) is 31.8 Å². The summed E-state index contributed by atoms with van der Waals surface area (Å²) >= 11 is 0. The third kappa shape index (κ3) is 3.70. The quantitative estimate of drug-likeness (QED) is 0.325. The van der Waals surface area contributed by atoms with E-state index >= 15 is 0 Å². The predicted molar refractivity (Wildman–Crippen MR) is 59.9 cm³/mol. The van der Waals surface area contributed by atoms with E-state index in [0.717, 1.165) is 6.42 Å². The minimum Gasteiger partial charge on any atom is -0.409 e. The van der Waals surface area contributed by atoms with Crippen LogP contribution >= 0.6 is 0 Å². The molecule has 4 nitrogen and oxygen atoms in total. The molecular formula is C11H22N2O2. The molecule has 0 heterocycles. The van der Waals surface area contributed by atoms with Crippen LogP contribution < -0.4 is 5.73 Å². The molecule has 0 bridgehead atoms. The predicted octanol–water partition coefficient (Wildman–Crippen LogP) is 1.96. The molecule has 0 aliphatic heterocycles. The van der Waals surface area contributed by atoms with E-state index in [0.29, 0.717) is 18.6 Å². The van der Waals surface area contributed by atoms with Gasteiger partial charge in [0.15, 0.2) is 0 Å². The summed E-state index contributed by atoms with van der Waals surface area (Å²) < 4.78 is 5.81. The van der Waals surface area contributed by atoms with Crippen LogP contribution in [0.4, 0.5) is 0 Å². The first-order chi connectivity index (χ1) is 7.15. The molecule has 1 aliphatic carbocycles. The van der Waals surface area contributed by atoms with Crippen molar-refractivity contribution in [1.82, 2.24) is 0 Å². The van der Waals surface area contributed by atoms with Gasteiger partial charge in [0.25, 0.3) is 0 Å². The average Bonchev–Trinajstić information content (AvgIpc) is 2.26. The minimum atomic E-state index is -0.0101. The van der Waals surface area contributed by atoms with Crippen LogP contribution in [-0.4, -0.2) is 23.8 Å². The highest BCUT2D eigenvalue weighted by atomic mass is 16.5. The molecule has 88 valence electrons. The molecule has 0 spiro atoms. The van der Waals surface area contributed by atoms with Crippen LogP contribution in [0.3, 0.4) is 0 Å². The van der Waals surface area contributed by atoms with Gasteiger partial charge in [-0.2, -0.15) is 0 Å². The lowest BCUT2D eigenvalue weighted by atomic mass is 9.88. The van der Waals surface area contributed by atoms with E-state index in [1.54, 1.807) is 0 Å². The van der Waals surface area contributed by atoms with Crippen molar-refractivity contribution in [1.29, 1.82) is 0 Å². The van der Waals surface area contributed by atoms with Crippen molar-refractivity contribution in [2.75, 3.05) is 6.61 Å². The highest BCUT2D eigenvalue weighted by molar-refractivity contribution is 5.81. The van der Waals surface area contributed by atoms with Crippen molar-refractivity contribution >= 4 is 5.84 Å². The first kappa shape index (κ1) is 12.3. The Morgan fingerprint density at radius 3 is 2.80 bits per heavy atom. The molecule has 0 radical (unpaired) electrons. The number of amidine groups is 1. The Bertz CT molecular complexity index is 219. The normalized spacial score (nSPS) is 30.1. The summed E-state index contributed by atoms with van der Waals surface area (Å²) in [6, 6.07) is 0. The zero-order chi connectivity index (χ0) is 11.3. The zero-order valence-electron chi connectivity index (χ0n) is 9.65. The Morgan fingerprint density at radius 1 is 1.53 bits per heavy atom. The molecule has 15 heavy (non-hydrogen) atoms. The van der Waals surface area contributed by atoms with Crippen molar-refractivity contribution in [2.24, 2.45) is 22.7 Å². The molecular weight excluding hydrogens is 192 g/mol. The van der Waals surface area contributed by atoms with Crippen LogP contribution in [0.5, 0.6) is 0 Å². The second-order valence-electron chi connectivity index (χ2n) is 4.56. The lowest BCUT2D eigenvalue weighted by Crippen LogP contribution is -2.31. The summed E-state index contributed by atoms with van der Waals surface area (Å²) in [6.45, 7) is 4.69. The number of ether oxygens (including phenoxy) is 1. The van der Waals surface area contributed by atoms with Gasteiger partial charge in [0, 0.05) is 5.92 Å². The lowest BCUT2D eigenvalue weighted by molar-refractivity contribution is -0.0119. The molecule has 1 rings (SSSR count). The topological polar surface area (TPSA) is 67.8 Å². The highest BCUT2D eigenvalue weighted by Gasteiger charge is 2.22. The number of oxime groups is 1. The van der Waals surface area contributed by atoms with Gasteiger partial charge in [-0.15, -0.1) is 0 Å². The minimum absolute atomic E-state index is 0.0101. The van der Waals surface area contributed by atoms with Gasteiger partial charge in [-0.3, -0.25) is 0 Å². The average molecular weight is 214 g/mol. The number of hydrogen-bond acceptors (Lipinski definition) is 3. The van der Waals surface area contributed by atoms with Crippen molar-refractivity contribution < 1.29 is 9.94 Å². The molecule has 1 fully saturated rings. The van der Waals surface area contributed by atoms with Crippen LogP contribution in [-0.2, 0) is 4.74 Å². The van der Waals surface area contributed by atoms with Crippen molar-refractivity contribution in [3.8, 4) is 0 Å². The second kappa shape index (κ2) is 5.95. The number of rotatable bonds is 4. The fourth-order valence-electron chi connectivity index (χ4n) is 1.98. The maximum absolute atomic E-state index is 8.50. The lowest BCUT2D eigenvalue weighted by Gasteiger charge is -2.29. The van der Waals surface area contributed by atoms with Crippen LogP contribution in [0.25, 0.3) is 0 Å². The molecule has 0 aromatic carbocycles.